The molecule has 0 fully saturated rings. The fourth-order valence-electron chi connectivity index (χ4n) is 3.27. The van der Waals surface area contributed by atoms with Crippen LogP contribution in [0.4, 0.5) is 0 Å². The maximum atomic E-state index is 12.9. The summed E-state index contributed by atoms with van der Waals surface area (Å²) in [5, 5.41) is 9.31. The van der Waals surface area contributed by atoms with Crippen molar-refractivity contribution in [2.24, 2.45) is 0 Å². The summed E-state index contributed by atoms with van der Waals surface area (Å²) in [5.74, 6) is 0.460. The van der Waals surface area contributed by atoms with Gasteiger partial charge in [0.2, 0.25) is 5.78 Å². The minimum absolute atomic E-state index is 0.0236. The minimum Gasteiger partial charge on any atom is -0.293 e. The number of hydrogen-bond acceptors (Lipinski definition) is 5. The van der Waals surface area contributed by atoms with E-state index in [1.54, 1.807) is 16.7 Å². The van der Waals surface area contributed by atoms with Crippen LogP contribution in [0.3, 0.4) is 0 Å². The number of rotatable bonds is 6. The van der Waals surface area contributed by atoms with Gasteiger partial charge in [0.15, 0.2) is 10.9 Å². The van der Waals surface area contributed by atoms with Gasteiger partial charge in [0.1, 0.15) is 0 Å². The predicted molar refractivity (Wildman–Crippen MR) is 116 cm³/mol. The van der Waals surface area contributed by atoms with Gasteiger partial charge in [-0.2, -0.15) is 0 Å². The van der Waals surface area contributed by atoms with Crippen molar-refractivity contribution in [2.45, 2.75) is 30.8 Å². The molecule has 0 aliphatic rings. The quantitative estimate of drug-likeness (QED) is 0.277. The highest BCUT2D eigenvalue weighted by Gasteiger charge is 2.22. The molecule has 146 valence electrons. The Morgan fingerprint density at radius 2 is 1.90 bits per heavy atom. The smallest absolute Gasteiger partial charge is 0.263 e. The lowest BCUT2D eigenvalue weighted by atomic mass is 10.1. The van der Waals surface area contributed by atoms with Gasteiger partial charge < -0.3 is 0 Å². The molecular formula is C22H20N4O2S. The molecule has 2 heterocycles. The Morgan fingerprint density at radius 1 is 1.17 bits per heavy atom. The van der Waals surface area contributed by atoms with Crippen molar-refractivity contribution in [1.82, 2.24) is 19.2 Å². The number of aryl methyl sites for hydroxylation is 1. The van der Waals surface area contributed by atoms with Gasteiger partial charge in [-0.25, -0.2) is 0 Å². The number of benzene rings is 2. The van der Waals surface area contributed by atoms with Gasteiger partial charge in [-0.3, -0.25) is 18.6 Å². The number of hydrogen-bond donors (Lipinski definition) is 0. The second kappa shape index (κ2) is 7.67. The standard InChI is InChI=1S/C22H20N4O2S/c1-4-13-25-20(28)17-7-5-6-8-18(17)26-21(25)23-24-22(26)29-15(3)19(27)16-11-9-14(2)10-12-16/h4-12,15H,1,13H2,2-3H3/t15-/m0/s1. The normalized spacial score (nSPS) is 12.3. The van der Waals surface area contributed by atoms with E-state index >= 15 is 0 Å². The zero-order valence-electron chi connectivity index (χ0n) is 16.2. The molecule has 1 atom stereocenters. The van der Waals surface area contributed by atoms with Crippen LogP contribution in [-0.2, 0) is 6.54 Å². The number of para-hydroxylation sites is 1. The Bertz CT molecular complexity index is 1290. The zero-order chi connectivity index (χ0) is 20.5. The van der Waals surface area contributed by atoms with Crippen LogP contribution < -0.4 is 5.56 Å². The molecule has 2 aromatic heterocycles. The van der Waals surface area contributed by atoms with Crippen molar-refractivity contribution in [3.8, 4) is 0 Å². The number of fused-ring (bicyclic) bond motifs is 3. The average molecular weight is 404 g/mol. The van der Waals surface area contributed by atoms with Crippen LogP contribution in [0.25, 0.3) is 16.7 Å². The molecule has 0 unspecified atom stereocenters. The van der Waals surface area contributed by atoms with Crippen molar-refractivity contribution < 1.29 is 4.79 Å². The Labute approximate surface area is 171 Å². The second-order valence-electron chi connectivity index (χ2n) is 6.83. The maximum Gasteiger partial charge on any atom is 0.263 e. The van der Waals surface area contributed by atoms with Gasteiger partial charge in [0.25, 0.3) is 5.56 Å². The SMILES string of the molecule is C=CCn1c(=O)c2ccccc2n2c(S[C@@H](C)C(=O)c3ccc(C)cc3)nnc12. The van der Waals surface area contributed by atoms with E-state index in [-0.39, 0.29) is 16.6 Å². The Kier molecular flexibility index (Phi) is 5.07. The van der Waals surface area contributed by atoms with Crippen LogP contribution in [0.1, 0.15) is 22.8 Å². The lowest BCUT2D eigenvalue weighted by molar-refractivity contribution is 0.0994. The third-order valence-corrected chi connectivity index (χ3v) is 5.82. The fourth-order valence-corrected chi connectivity index (χ4v) is 4.20. The maximum absolute atomic E-state index is 12.9. The molecule has 0 bridgehead atoms. The molecule has 29 heavy (non-hydrogen) atoms. The van der Waals surface area contributed by atoms with Crippen LogP contribution in [0.15, 0.2) is 71.1 Å². The largest absolute Gasteiger partial charge is 0.293 e. The van der Waals surface area contributed by atoms with Crippen LogP contribution in [0, 0.1) is 6.92 Å². The molecule has 4 aromatic rings. The number of allylic oxidation sites excluding steroid dienone is 1. The molecule has 0 saturated carbocycles. The topological polar surface area (TPSA) is 69.3 Å². The highest BCUT2D eigenvalue weighted by Crippen LogP contribution is 2.27. The molecule has 0 amide bonds. The summed E-state index contributed by atoms with van der Waals surface area (Å²) in [6.45, 7) is 7.91. The van der Waals surface area contributed by atoms with Crippen molar-refractivity contribution in [3.63, 3.8) is 0 Å². The highest BCUT2D eigenvalue weighted by atomic mass is 32.2. The Morgan fingerprint density at radius 3 is 2.62 bits per heavy atom. The van der Waals surface area contributed by atoms with E-state index in [1.807, 2.05) is 60.7 Å². The number of Topliss-reactive ketones (excluding diaryl/α,β-unsaturated/α-hetero) is 1. The first-order chi connectivity index (χ1) is 14.0. The van der Waals surface area contributed by atoms with E-state index in [0.717, 1.165) is 11.1 Å². The summed E-state index contributed by atoms with van der Waals surface area (Å²) in [6, 6.07) is 14.9. The Balaban J connectivity index is 1.80. The number of carbonyl (C=O) groups excluding carboxylic acids is 1. The summed E-state index contributed by atoms with van der Waals surface area (Å²) in [6.07, 6.45) is 1.65. The van der Waals surface area contributed by atoms with E-state index in [9.17, 15) is 9.59 Å². The number of aromatic nitrogens is 4. The molecule has 0 saturated heterocycles. The van der Waals surface area contributed by atoms with Gasteiger partial charge in [-0.1, -0.05) is 59.8 Å². The molecule has 7 heteroatoms. The first-order valence-corrected chi connectivity index (χ1v) is 10.1. The van der Waals surface area contributed by atoms with Crippen LogP contribution in [0.5, 0.6) is 0 Å². The predicted octanol–water partition coefficient (Wildman–Crippen LogP) is 3.90. The third-order valence-electron chi connectivity index (χ3n) is 4.78. The average Bonchev–Trinajstić information content (AvgIpc) is 3.14. The molecule has 0 N–H and O–H groups in total. The van der Waals surface area contributed by atoms with Crippen molar-refractivity contribution in [2.75, 3.05) is 0 Å². The summed E-state index contributed by atoms with van der Waals surface area (Å²) in [5.41, 5.74) is 2.35. The van der Waals surface area contributed by atoms with Crippen LogP contribution in [0.2, 0.25) is 0 Å². The monoisotopic (exact) mass is 404 g/mol. The van der Waals surface area contributed by atoms with Gasteiger partial charge in [0.05, 0.1) is 16.2 Å². The van der Waals surface area contributed by atoms with Crippen molar-refractivity contribution >= 4 is 34.2 Å². The highest BCUT2D eigenvalue weighted by molar-refractivity contribution is 8.00. The van der Waals surface area contributed by atoms with Gasteiger partial charge in [-0.05, 0) is 26.0 Å². The fraction of sp³-hybridized carbons (Fsp3) is 0.182. The molecule has 0 aliphatic heterocycles. The lowest BCUT2D eigenvalue weighted by Gasteiger charge is -2.12. The summed E-state index contributed by atoms with van der Waals surface area (Å²) >= 11 is 1.33. The van der Waals surface area contributed by atoms with Crippen LogP contribution in [-0.4, -0.2) is 30.2 Å². The first kappa shape index (κ1) is 19.1. The number of thioether (sulfide) groups is 1. The number of nitrogens with zero attached hydrogens (tertiary/aromatic N) is 4. The van der Waals surface area contributed by atoms with Gasteiger partial charge >= 0.3 is 0 Å². The molecule has 0 radical (unpaired) electrons. The molecule has 6 nitrogen and oxygen atoms in total. The van der Waals surface area contributed by atoms with E-state index in [2.05, 4.69) is 16.8 Å². The molecule has 2 aromatic carbocycles. The number of carbonyl (C=O) groups is 1. The van der Waals surface area contributed by atoms with Crippen LogP contribution >= 0.6 is 11.8 Å². The second-order valence-corrected chi connectivity index (χ2v) is 8.14. The zero-order valence-corrected chi connectivity index (χ0v) is 17.0. The third kappa shape index (κ3) is 3.38. The molecular weight excluding hydrogens is 384 g/mol. The lowest BCUT2D eigenvalue weighted by Crippen LogP contribution is -2.23. The Hall–Kier alpha value is -3.19. The van der Waals surface area contributed by atoms with E-state index in [0.29, 0.717) is 28.4 Å². The molecule has 0 aliphatic carbocycles. The summed E-state index contributed by atoms with van der Waals surface area (Å²) in [4.78, 5) is 25.7. The number of ketones is 1. The van der Waals surface area contributed by atoms with Gasteiger partial charge in [-0.15, -0.1) is 16.8 Å². The molecule has 0 spiro atoms. The summed E-state index contributed by atoms with van der Waals surface area (Å²) < 4.78 is 3.38. The van der Waals surface area contributed by atoms with E-state index in [4.69, 9.17) is 0 Å². The van der Waals surface area contributed by atoms with E-state index < -0.39 is 0 Å². The first-order valence-electron chi connectivity index (χ1n) is 9.26. The van der Waals surface area contributed by atoms with Crippen molar-refractivity contribution in [3.05, 3.63) is 82.7 Å². The molecule has 4 rings (SSSR count). The summed E-state index contributed by atoms with van der Waals surface area (Å²) in [7, 11) is 0. The van der Waals surface area contributed by atoms with Crippen molar-refractivity contribution in [1.29, 1.82) is 0 Å². The van der Waals surface area contributed by atoms with Gasteiger partial charge in [0, 0.05) is 12.1 Å². The minimum atomic E-state index is -0.358. The van der Waals surface area contributed by atoms with E-state index in [1.165, 1.54) is 11.8 Å².